The van der Waals surface area contributed by atoms with E-state index in [9.17, 15) is 4.79 Å². The number of hydrogen-bond acceptors (Lipinski definition) is 3. The molecule has 1 heterocycles. The highest BCUT2D eigenvalue weighted by molar-refractivity contribution is 5.94. The second-order valence-corrected chi connectivity index (χ2v) is 6.05. The molecule has 4 nitrogen and oxygen atoms in total. The van der Waals surface area contributed by atoms with E-state index >= 15 is 0 Å². The zero-order valence-electron chi connectivity index (χ0n) is 13.3. The van der Waals surface area contributed by atoms with Crippen molar-refractivity contribution in [3.63, 3.8) is 0 Å². The molecule has 0 saturated heterocycles. The van der Waals surface area contributed by atoms with Crippen molar-refractivity contribution in [1.82, 2.24) is 10.3 Å². The number of hydrogen-bond donors (Lipinski definition) is 2. The number of nitrogens with zero attached hydrogens (tertiary/aromatic N) is 1. The van der Waals surface area contributed by atoms with Crippen molar-refractivity contribution in [2.24, 2.45) is 0 Å². The first-order valence-corrected chi connectivity index (χ1v) is 8.36. The largest absolute Gasteiger partial charge is 0.367 e. The van der Waals surface area contributed by atoms with Gasteiger partial charge in [0, 0.05) is 18.8 Å². The van der Waals surface area contributed by atoms with E-state index in [1.54, 1.807) is 6.20 Å². The van der Waals surface area contributed by atoms with E-state index in [1.807, 2.05) is 30.3 Å². The molecular formula is C19H23N3O. The molecule has 1 aliphatic carbocycles. The number of amides is 1. The Labute approximate surface area is 137 Å². The fourth-order valence-corrected chi connectivity index (χ4v) is 2.96. The zero-order valence-corrected chi connectivity index (χ0v) is 13.3. The number of pyridine rings is 1. The Bertz CT molecular complexity index is 619. The number of nitrogens with one attached hydrogen (secondary N) is 2. The van der Waals surface area contributed by atoms with Gasteiger partial charge in [0.2, 0.25) is 0 Å². The van der Waals surface area contributed by atoms with Gasteiger partial charge in [-0.15, -0.1) is 0 Å². The smallest absolute Gasteiger partial charge is 0.252 e. The minimum absolute atomic E-state index is 0.0687. The van der Waals surface area contributed by atoms with Crippen molar-refractivity contribution in [2.45, 2.75) is 38.1 Å². The summed E-state index contributed by atoms with van der Waals surface area (Å²) >= 11 is 0. The third-order valence-corrected chi connectivity index (χ3v) is 4.27. The molecule has 4 heteroatoms. The summed E-state index contributed by atoms with van der Waals surface area (Å²) < 4.78 is 0. The molecule has 0 spiro atoms. The lowest BCUT2D eigenvalue weighted by molar-refractivity contribution is 0.0954. The Morgan fingerprint density at radius 1 is 1.09 bits per heavy atom. The average Bonchev–Trinajstić information content (AvgIpc) is 3.09. The first kappa shape index (κ1) is 15.5. The van der Waals surface area contributed by atoms with Crippen LogP contribution in [-0.4, -0.2) is 23.5 Å². The fourth-order valence-electron chi connectivity index (χ4n) is 2.96. The maximum absolute atomic E-state index is 12.1. The molecular weight excluding hydrogens is 286 g/mol. The minimum Gasteiger partial charge on any atom is -0.367 e. The van der Waals surface area contributed by atoms with Crippen LogP contribution < -0.4 is 10.6 Å². The highest BCUT2D eigenvalue weighted by Gasteiger charge is 2.15. The van der Waals surface area contributed by atoms with Gasteiger partial charge in [-0.2, -0.15) is 0 Å². The molecule has 0 unspecified atom stereocenters. The summed E-state index contributed by atoms with van der Waals surface area (Å²) in [6.45, 7) is 0.630. The maximum Gasteiger partial charge on any atom is 0.252 e. The Hall–Kier alpha value is -2.36. The van der Waals surface area contributed by atoms with Gasteiger partial charge >= 0.3 is 0 Å². The molecule has 1 saturated carbocycles. The van der Waals surface area contributed by atoms with Crippen molar-refractivity contribution >= 4 is 11.7 Å². The lowest BCUT2D eigenvalue weighted by Crippen LogP contribution is -2.26. The van der Waals surface area contributed by atoms with Gasteiger partial charge in [0.15, 0.2) is 0 Å². The number of carbonyl (C=O) groups is 1. The van der Waals surface area contributed by atoms with E-state index in [0.717, 1.165) is 12.2 Å². The molecule has 0 aliphatic heterocycles. The summed E-state index contributed by atoms with van der Waals surface area (Å²) in [5, 5.41) is 6.37. The Kier molecular flexibility index (Phi) is 5.25. The van der Waals surface area contributed by atoms with Gasteiger partial charge in [0.05, 0.1) is 5.56 Å². The third kappa shape index (κ3) is 4.55. The molecule has 1 aromatic carbocycles. The van der Waals surface area contributed by atoms with Crippen molar-refractivity contribution < 1.29 is 4.79 Å². The van der Waals surface area contributed by atoms with E-state index in [-0.39, 0.29) is 5.91 Å². The molecule has 0 bridgehead atoms. The second kappa shape index (κ2) is 7.77. The molecule has 2 N–H and O–H groups in total. The van der Waals surface area contributed by atoms with E-state index < -0.39 is 0 Å². The quantitative estimate of drug-likeness (QED) is 0.860. The lowest BCUT2D eigenvalue weighted by atomic mass is 10.1. The molecule has 1 aromatic heterocycles. The Morgan fingerprint density at radius 2 is 1.87 bits per heavy atom. The number of benzene rings is 1. The van der Waals surface area contributed by atoms with Crippen LogP contribution >= 0.6 is 0 Å². The topological polar surface area (TPSA) is 54.0 Å². The van der Waals surface area contributed by atoms with Crippen LogP contribution in [0.5, 0.6) is 0 Å². The summed E-state index contributed by atoms with van der Waals surface area (Å²) in [6, 6.07) is 14.4. The van der Waals surface area contributed by atoms with Crippen LogP contribution in [0.4, 0.5) is 5.82 Å². The van der Waals surface area contributed by atoms with Crippen molar-refractivity contribution in [3.05, 3.63) is 59.8 Å². The molecule has 0 radical (unpaired) electrons. The summed E-state index contributed by atoms with van der Waals surface area (Å²) in [5.41, 5.74) is 1.83. The van der Waals surface area contributed by atoms with Gasteiger partial charge in [0.1, 0.15) is 5.82 Å². The molecule has 3 rings (SSSR count). The van der Waals surface area contributed by atoms with Crippen molar-refractivity contribution in [1.29, 1.82) is 0 Å². The van der Waals surface area contributed by atoms with Gasteiger partial charge < -0.3 is 10.6 Å². The number of carbonyl (C=O) groups excluding carboxylic acids is 1. The van der Waals surface area contributed by atoms with E-state index in [0.29, 0.717) is 18.2 Å². The van der Waals surface area contributed by atoms with Gasteiger partial charge in [-0.3, -0.25) is 4.79 Å². The van der Waals surface area contributed by atoms with Crippen molar-refractivity contribution in [2.75, 3.05) is 11.9 Å². The third-order valence-electron chi connectivity index (χ3n) is 4.27. The molecule has 2 aromatic rings. The van der Waals surface area contributed by atoms with Gasteiger partial charge in [-0.05, 0) is 37.0 Å². The van der Waals surface area contributed by atoms with Gasteiger partial charge in [-0.25, -0.2) is 4.98 Å². The van der Waals surface area contributed by atoms with Gasteiger partial charge in [-0.1, -0.05) is 43.2 Å². The van der Waals surface area contributed by atoms with Crippen LogP contribution in [-0.2, 0) is 6.42 Å². The summed E-state index contributed by atoms with van der Waals surface area (Å²) in [4.78, 5) is 16.5. The van der Waals surface area contributed by atoms with E-state index in [1.165, 1.54) is 31.2 Å². The van der Waals surface area contributed by atoms with Crippen LogP contribution in [0.1, 0.15) is 41.6 Å². The first-order chi connectivity index (χ1) is 11.3. The van der Waals surface area contributed by atoms with Crippen molar-refractivity contribution in [3.8, 4) is 0 Å². The normalized spacial score (nSPS) is 14.6. The van der Waals surface area contributed by atoms with E-state index in [4.69, 9.17) is 0 Å². The molecule has 23 heavy (non-hydrogen) atoms. The molecule has 120 valence electrons. The minimum atomic E-state index is -0.0687. The monoisotopic (exact) mass is 309 g/mol. The SMILES string of the molecule is O=C(NCCc1ccccc1)c1ccc(NC2CCCC2)nc1. The van der Waals surface area contributed by atoms with E-state index in [2.05, 4.69) is 27.8 Å². The van der Waals surface area contributed by atoms with Crippen LogP contribution in [0.2, 0.25) is 0 Å². The summed E-state index contributed by atoms with van der Waals surface area (Å²) in [6.07, 6.45) is 7.49. The first-order valence-electron chi connectivity index (χ1n) is 8.36. The molecule has 0 atom stereocenters. The predicted octanol–water partition coefficient (Wildman–Crippen LogP) is 3.41. The van der Waals surface area contributed by atoms with Crippen LogP contribution in [0.15, 0.2) is 48.7 Å². The lowest BCUT2D eigenvalue weighted by Gasteiger charge is -2.12. The Morgan fingerprint density at radius 3 is 2.57 bits per heavy atom. The molecule has 1 amide bonds. The second-order valence-electron chi connectivity index (χ2n) is 6.05. The number of anilines is 1. The average molecular weight is 309 g/mol. The highest BCUT2D eigenvalue weighted by atomic mass is 16.1. The maximum atomic E-state index is 12.1. The van der Waals surface area contributed by atoms with Crippen LogP contribution in [0.3, 0.4) is 0 Å². The van der Waals surface area contributed by atoms with Gasteiger partial charge in [0.25, 0.3) is 5.91 Å². The standard InChI is InChI=1S/C19H23N3O/c23-19(20-13-12-15-6-2-1-3-7-15)16-10-11-18(21-14-16)22-17-8-4-5-9-17/h1-3,6-7,10-11,14,17H,4-5,8-9,12-13H2,(H,20,23)(H,21,22). The highest BCUT2D eigenvalue weighted by Crippen LogP contribution is 2.21. The molecule has 1 aliphatic rings. The summed E-state index contributed by atoms with van der Waals surface area (Å²) in [5.74, 6) is 0.790. The van der Waals surface area contributed by atoms with Crippen LogP contribution in [0, 0.1) is 0 Å². The molecule has 1 fully saturated rings. The number of aromatic nitrogens is 1. The Balaban J connectivity index is 1.47. The summed E-state index contributed by atoms with van der Waals surface area (Å²) in [7, 11) is 0. The fraction of sp³-hybridized carbons (Fsp3) is 0.368. The predicted molar refractivity (Wildman–Crippen MR) is 92.6 cm³/mol. The van der Waals surface area contributed by atoms with Crippen LogP contribution in [0.25, 0.3) is 0 Å². The zero-order chi connectivity index (χ0) is 15.9. The number of rotatable bonds is 6.